The van der Waals surface area contributed by atoms with Gasteiger partial charge < -0.3 is 10.1 Å². The molecule has 0 atom stereocenters. The van der Waals surface area contributed by atoms with Crippen molar-refractivity contribution in [3.05, 3.63) is 101 Å². The highest BCUT2D eigenvalue weighted by molar-refractivity contribution is 7.92. The van der Waals surface area contributed by atoms with E-state index in [4.69, 9.17) is 4.74 Å². The number of sulfonamides is 1. The van der Waals surface area contributed by atoms with E-state index in [1.807, 2.05) is 61.5 Å². The van der Waals surface area contributed by atoms with Crippen LogP contribution in [0.2, 0.25) is 0 Å². The second kappa shape index (κ2) is 10.6. The average Bonchev–Trinajstić information content (AvgIpc) is 2.78. The van der Waals surface area contributed by atoms with Crippen molar-refractivity contribution in [3.8, 4) is 5.75 Å². The van der Waals surface area contributed by atoms with Crippen LogP contribution in [0.15, 0.2) is 84.3 Å². The maximum atomic E-state index is 12.1. The third-order valence-electron chi connectivity index (χ3n) is 4.34. The fraction of sp³-hybridized carbons (Fsp3) is 0.125. The SMILES string of the molecule is Cc1ccc(C=CS(=O)(=O)NCC(=O)Nc2ccc(OCc3ccccc3)cc2)cc1. The molecule has 0 saturated heterocycles. The van der Waals surface area contributed by atoms with Crippen molar-refractivity contribution in [2.75, 3.05) is 11.9 Å². The van der Waals surface area contributed by atoms with E-state index in [2.05, 4.69) is 10.0 Å². The van der Waals surface area contributed by atoms with Crippen molar-refractivity contribution in [1.82, 2.24) is 4.72 Å². The Bertz CT molecular complexity index is 1120. The first-order valence-electron chi connectivity index (χ1n) is 9.71. The van der Waals surface area contributed by atoms with Gasteiger partial charge in [0.2, 0.25) is 15.9 Å². The predicted octanol–water partition coefficient (Wildman–Crippen LogP) is 4.10. The number of aryl methyl sites for hydroxylation is 1. The van der Waals surface area contributed by atoms with Gasteiger partial charge in [-0.25, -0.2) is 13.1 Å². The molecule has 3 aromatic carbocycles. The summed E-state index contributed by atoms with van der Waals surface area (Å²) in [6.07, 6.45) is 1.48. The van der Waals surface area contributed by atoms with E-state index >= 15 is 0 Å². The second-order valence-electron chi connectivity index (χ2n) is 6.93. The topological polar surface area (TPSA) is 84.5 Å². The van der Waals surface area contributed by atoms with Crippen LogP contribution in [0.3, 0.4) is 0 Å². The van der Waals surface area contributed by atoms with Crippen LogP contribution in [0.1, 0.15) is 16.7 Å². The van der Waals surface area contributed by atoms with Crippen molar-refractivity contribution in [2.24, 2.45) is 0 Å². The lowest BCUT2D eigenvalue weighted by molar-refractivity contribution is -0.115. The normalized spacial score (nSPS) is 11.4. The van der Waals surface area contributed by atoms with Crippen molar-refractivity contribution < 1.29 is 17.9 Å². The molecule has 6 nitrogen and oxygen atoms in total. The highest BCUT2D eigenvalue weighted by atomic mass is 32.2. The molecule has 0 aliphatic rings. The summed E-state index contributed by atoms with van der Waals surface area (Å²) in [5.74, 6) is 0.203. The second-order valence-corrected chi connectivity index (χ2v) is 8.58. The number of ether oxygens (including phenoxy) is 1. The summed E-state index contributed by atoms with van der Waals surface area (Å²) in [5.41, 5.74) is 3.45. The van der Waals surface area contributed by atoms with Gasteiger partial charge in [-0.15, -0.1) is 0 Å². The highest BCUT2D eigenvalue weighted by Crippen LogP contribution is 2.17. The molecule has 0 aliphatic carbocycles. The Morgan fingerprint density at radius 1 is 0.935 bits per heavy atom. The number of carbonyl (C=O) groups is 1. The van der Waals surface area contributed by atoms with Gasteiger partial charge in [0.1, 0.15) is 12.4 Å². The molecule has 7 heteroatoms. The number of nitrogens with one attached hydrogen (secondary N) is 2. The van der Waals surface area contributed by atoms with Gasteiger partial charge in [-0.1, -0.05) is 60.2 Å². The van der Waals surface area contributed by atoms with E-state index in [1.165, 1.54) is 6.08 Å². The molecule has 0 saturated carbocycles. The molecule has 0 radical (unpaired) electrons. The number of rotatable bonds is 9. The van der Waals surface area contributed by atoms with Gasteiger partial charge in [-0.2, -0.15) is 0 Å². The van der Waals surface area contributed by atoms with Gasteiger partial charge in [0.05, 0.1) is 6.54 Å². The number of carbonyl (C=O) groups excluding carboxylic acids is 1. The Hall–Kier alpha value is -3.42. The van der Waals surface area contributed by atoms with Gasteiger partial charge in [-0.3, -0.25) is 4.79 Å². The highest BCUT2D eigenvalue weighted by Gasteiger charge is 2.09. The molecule has 1 amide bonds. The van der Waals surface area contributed by atoms with Crippen LogP contribution in [0.5, 0.6) is 5.75 Å². The number of amides is 1. The molecular weight excluding hydrogens is 412 g/mol. The fourth-order valence-electron chi connectivity index (χ4n) is 2.64. The standard InChI is InChI=1S/C24H24N2O4S/c1-19-7-9-20(10-8-19)15-16-31(28,29)25-17-24(27)26-22-11-13-23(14-12-22)30-18-21-5-3-2-4-6-21/h2-16,25H,17-18H2,1H3,(H,26,27). The number of hydrogen-bond acceptors (Lipinski definition) is 4. The Morgan fingerprint density at radius 3 is 2.29 bits per heavy atom. The Kier molecular flexibility index (Phi) is 7.59. The molecule has 0 spiro atoms. The zero-order chi connectivity index (χ0) is 22.1. The molecule has 0 fully saturated rings. The molecule has 3 aromatic rings. The third kappa shape index (κ3) is 7.73. The Morgan fingerprint density at radius 2 is 1.61 bits per heavy atom. The molecule has 0 aromatic heterocycles. The van der Waals surface area contributed by atoms with Crippen LogP contribution in [-0.2, 0) is 21.4 Å². The lowest BCUT2D eigenvalue weighted by Crippen LogP contribution is -2.31. The van der Waals surface area contributed by atoms with Crippen LogP contribution in [0.4, 0.5) is 5.69 Å². The van der Waals surface area contributed by atoms with Crippen molar-refractivity contribution >= 4 is 27.7 Å². The summed E-state index contributed by atoms with van der Waals surface area (Å²) in [6.45, 7) is 2.03. The van der Waals surface area contributed by atoms with Crippen LogP contribution in [0.25, 0.3) is 6.08 Å². The summed E-state index contributed by atoms with van der Waals surface area (Å²) in [7, 11) is -3.73. The first kappa shape index (κ1) is 22.3. The van der Waals surface area contributed by atoms with Gasteiger partial charge in [0.25, 0.3) is 0 Å². The number of benzene rings is 3. The van der Waals surface area contributed by atoms with E-state index in [0.717, 1.165) is 22.1 Å². The van der Waals surface area contributed by atoms with Crippen molar-refractivity contribution in [1.29, 1.82) is 0 Å². The summed E-state index contributed by atoms with van der Waals surface area (Å²) >= 11 is 0. The van der Waals surface area contributed by atoms with E-state index in [0.29, 0.717) is 18.0 Å². The zero-order valence-corrected chi connectivity index (χ0v) is 17.9. The van der Waals surface area contributed by atoms with Gasteiger partial charge in [0.15, 0.2) is 0 Å². The smallest absolute Gasteiger partial charge is 0.239 e. The quantitative estimate of drug-likeness (QED) is 0.529. The van der Waals surface area contributed by atoms with E-state index in [1.54, 1.807) is 24.3 Å². The maximum absolute atomic E-state index is 12.1. The van der Waals surface area contributed by atoms with Crippen LogP contribution in [-0.4, -0.2) is 20.9 Å². The minimum atomic E-state index is -3.73. The number of hydrogen-bond donors (Lipinski definition) is 2. The van der Waals surface area contributed by atoms with Crippen molar-refractivity contribution in [2.45, 2.75) is 13.5 Å². The molecule has 2 N–H and O–H groups in total. The zero-order valence-electron chi connectivity index (χ0n) is 17.1. The molecule has 3 rings (SSSR count). The molecule has 0 heterocycles. The van der Waals surface area contributed by atoms with Gasteiger partial charge >= 0.3 is 0 Å². The summed E-state index contributed by atoms with van der Waals surface area (Å²) in [6, 6.07) is 24.1. The molecule has 0 unspecified atom stereocenters. The summed E-state index contributed by atoms with van der Waals surface area (Å²) < 4.78 is 32.1. The van der Waals surface area contributed by atoms with Crippen LogP contribution < -0.4 is 14.8 Å². The third-order valence-corrected chi connectivity index (χ3v) is 5.38. The fourth-order valence-corrected chi connectivity index (χ4v) is 3.41. The van der Waals surface area contributed by atoms with E-state index in [-0.39, 0.29) is 6.54 Å². The minimum Gasteiger partial charge on any atom is -0.489 e. The lowest BCUT2D eigenvalue weighted by Gasteiger charge is -2.09. The lowest BCUT2D eigenvalue weighted by atomic mass is 10.2. The largest absolute Gasteiger partial charge is 0.489 e. The molecule has 0 bridgehead atoms. The van der Waals surface area contributed by atoms with E-state index < -0.39 is 15.9 Å². The molecule has 160 valence electrons. The predicted molar refractivity (Wildman–Crippen MR) is 123 cm³/mol. The Balaban J connectivity index is 1.45. The maximum Gasteiger partial charge on any atom is 0.239 e. The van der Waals surface area contributed by atoms with Crippen molar-refractivity contribution in [3.63, 3.8) is 0 Å². The van der Waals surface area contributed by atoms with Gasteiger partial charge in [-0.05, 0) is 48.4 Å². The monoisotopic (exact) mass is 436 g/mol. The molecule has 0 aliphatic heterocycles. The van der Waals surface area contributed by atoms with Crippen LogP contribution >= 0.6 is 0 Å². The molecule has 31 heavy (non-hydrogen) atoms. The Labute approximate surface area is 182 Å². The number of anilines is 1. The van der Waals surface area contributed by atoms with E-state index in [9.17, 15) is 13.2 Å². The summed E-state index contributed by atoms with van der Waals surface area (Å²) in [4.78, 5) is 12.1. The first-order chi connectivity index (χ1) is 14.9. The average molecular weight is 437 g/mol. The van der Waals surface area contributed by atoms with Crippen LogP contribution in [0, 0.1) is 6.92 Å². The summed E-state index contributed by atoms with van der Waals surface area (Å²) in [5, 5.41) is 3.70. The first-order valence-corrected chi connectivity index (χ1v) is 11.3. The van der Waals surface area contributed by atoms with Gasteiger partial charge in [0, 0.05) is 11.1 Å². The minimum absolute atomic E-state index is 0.368. The molecular formula is C24H24N2O4S.